The second-order valence-electron chi connectivity index (χ2n) is 2.84. The zero-order valence-corrected chi connectivity index (χ0v) is 11.0. The molecule has 84 valence electrons. The molecule has 1 aromatic carbocycles. The van der Waals surface area contributed by atoms with Crippen LogP contribution in [0.15, 0.2) is 39.8 Å². The van der Waals surface area contributed by atoms with Gasteiger partial charge in [0.2, 0.25) is 0 Å². The van der Waals surface area contributed by atoms with Crippen LogP contribution in [0.1, 0.15) is 0 Å². The Balaban J connectivity index is 2.33. The monoisotopic (exact) mass is 319 g/mol. The van der Waals surface area contributed by atoms with Crippen LogP contribution in [0.2, 0.25) is 0 Å². The predicted molar refractivity (Wildman–Crippen MR) is 64.9 cm³/mol. The van der Waals surface area contributed by atoms with E-state index in [1.165, 1.54) is 18.3 Å². The fourth-order valence-corrected chi connectivity index (χ4v) is 3.32. The highest BCUT2D eigenvalue weighted by Gasteiger charge is 2.15. The highest BCUT2D eigenvalue weighted by Crippen LogP contribution is 2.20. The van der Waals surface area contributed by atoms with Gasteiger partial charge < -0.3 is 0 Å². The van der Waals surface area contributed by atoms with Crippen molar-refractivity contribution in [2.75, 3.05) is 4.72 Å². The van der Waals surface area contributed by atoms with Gasteiger partial charge in [-0.1, -0.05) is 26.5 Å². The van der Waals surface area contributed by atoms with E-state index in [-0.39, 0.29) is 4.90 Å². The van der Waals surface area contributed by atoms with E-state index in [0.29, 0.717) is 9.47 Å². The molecule has 0 aliphatic carbocycles. The summed E-state index contributed by atoms with van der Waals surface area (Å²) in [7, 11) is -3.56. The topological polar surface area (TPSA) is 72.0 Å². The summed E-state index contributed by atoms with van der Waals surface area (Å²) >= 11 is 4.20. The van der Waals surface area contributed by atoms with E-state index >= 15 is 0 Å². The third-order valence-corrected chi connectivity index (χ3v) is 4.27. The Morgan fingerprint density at radius 1 is 1.38 bits per heavy atom. The van der Waals surface area contributed by atoms with Crippen molar-refractivity contribution in [3.8, 4) is 0 Å². The van der Waals surface area contributed by atoms with E-state index in [2.05, 4.69) is 30.2 Å². The standard InChI is InChI=1S/C8H6BrN3O2S2/c9-6-2-1-3-7(4-6)16(13,14)11-8-5-10-12-15-8/h1-5,11H. The Morgan fingerprint density at radius 2 is 2.19 bits per heavy atom. The molecular formula is C8H6BrN3O2S2. The Kier molecular flexibility index (Phi) is 3.22. The van der Waals surface area contributed by atoms with Gasteiger partial charge in [-0.3, -0.25) is 4.72 Å². The number of halogens is 1. The summed E-state index contributed by atoms with van der Waals surface area (Å²) in [6, 6.07) is 6.45. The van der Waals surface area contributed by atoms with E-state index in [4.69, 9.17) is 0 Å². The minimum Gasteiger partial charge on any atom is -0.268 e. The molecule has 1 heterocycles. The molecule has 0 spiro atoms. The number of hydrogen-bond donors (Lipinski definition) is 1. The van der Waals surface area contributed by atoms with Crippen LogP contribution in [0.5, 0.6) is 0 Å². The molecule has 5 nitrogen and oxygen atoms in total. The van der Waals surface area contributed by atoms with Gasteiger partial charge >= 0.3 is 0 Å². The lowest BCUT2D eigenvalue weighted by Crippen LogP contribution is -2.11. The van der Waals surface area contributed by atoms with Crippen molar-refractivity contribution in [1.29, 1.82) is 0 Å². The van der Waals surface area contributed by atoms with Crippen molar-refractivity contribution in [2.24, 2.45) is 0 Å². The van der Waals surface area contributed by atoms with Crippen LogP contribution in [0.25, 0.3) is 0 Å². The van der Waals surface area contributed by atoms with Gasteiger partial charge in [0, 0.05) is 16.0 Å². The van der Waals surface area contributed by atoms with E-state index in [9.17, 15) is 8.42 Å². The predicted octanol–water partition coefficient (Wildman–Crippen LogP) is 2.10. The van der Waals surface area contributed by atoms with Crippen molar-refractivity contribution >= 4 is 42.5 Å². The zero-order chi connectivity index (χ0) is 11.6. The second kappa shape index (κ2) is 4.48. The molecule has 0 saturated heterocycles. The molecule has 0 aliphatic heterocycles. The van der Waals surface area contributed by atoms with Crippen LogP contribution in [0, 0.1) is 0 Å². The van der Waals surface area contributed by atoms with Crippen LogP contribution in [-0.2, 0) is 10.0 Å². The maximum atomic E-state index is 11.9. The fraction of sp³-hybridized carbons (Fsp3) is 0. The van der Waals surface area contributed by atoms with Crippen LogP contribution in [0.3, 0.4) is 0 Å². The van der Waals surface area contributed by atoms with E-state index in [1.54, 1.807) is 12.1 Å². The third-order valence-electron chi connectivity index (χ3n) is 1.70. The summed E-state index contributed by atoms with van der Waals surface area (Å²) in [6.45, 7) is 0. The zero-order valence-electron chi connectivity index (χ0n) is 7.79. The van der Waals surface area contributed by atoms with Crippen LogP contribution >= 0.6 is 27.5 Å². The van der Waals surface area contributed by atoms with E-state index in [0.717, 1.165) is 11.5 Å². The van der Waals surface area contributed by atoms with Gasteiger partial charge in [0.25, 0.3) is 10.0 Å². The normalized spacial score (nSPS) is 11.3. The van der Waals surface area contributed by atoms with Gasteiger partial charge in [-0.25, -0.2) is 8.42 Å². The second-order valence-corrected chi connectivity index (χ2v) is 6.23. The Labute approximate surface area is 105 Å². The summed E-state index contributed by atoms with van der Waals surface area (Å²) in [5.41, 5.74) is 0. The van der Waals surface area contributed by atoms with Crippen molar-refractivity contribution in [3.05, 3.63) is 34.9 Å². The summed E-state index contributed by atoms with van der Waals surface area (Å²) < 4.78 is 30.4. The van der Waals surface area contributed by atoms with Crippen LogP contribution in [0.4, 0.5) is 5.00 Å². The molecule has 0 radical (unpaired) electrons. The quantitative estimate of drug-likeness (QED) is 0.940. The molecule has 0 aliphatic rings. The average Bonchev–Trinajstić information content (AvgIpc) is 2.70. The molecule has 0 bridgehead atoms. The van der Waals surface area contributed by atoms with Crippen molar-refractivity contribution in [2.45, 2.75) is 4.90 Å². The van der Waals surface area contributed by atoms with Crippen LogP contribution in [-0.4, -0.2) is 18.0 Å². The van der Waals surface area contributed by atoms with Crippen molar-refractivity contribution in [3.63, 3.8) is 0 Å². The number of aromatic nitrogens is 2. The maximum Gasteiger partial charge on any atom is 0.262 e. The first kappa shape index (κ1) is 11.5. The highest BCUT2D eigenvalue weighted by molar-refractivity contribution is 9.10. The fourth-order valence-electron chi connectivity index (χ4n) is 1.04. The molecule has 1 aromatic heterocycles. The molecule has 1 N–H and O–H groups in total. The number of sulfonamides is 1. The lowest BCUT2D eigenvalue weighted by atomic mass is 10.4. The molecule has 0 fully saturated rings. The smallest absolute Gasteiger partial charge is 0.262 e. The van der Waals surface area contributed by atoms with Gasteiger partial charge in [0.1, 0.15) is 5.00 Å². The van der Waals surface area contributed by atoms with Crippen molar-refractivity contribution < 1.29 is 8.42 Å². The number of benzene rings is 1. The van der Waals surface area contributed by atoms with Gasteiger partial charge in [-0.15, -0.1) is 5.10 Å². The largest absolute Gasteiger partial charge is 0.268 e. The van der Waals surface area contributed by atoms with Gasteiger partial charge in [0.05, 0.1) is 11.1 Å². The van der Waals surface area contributed by atoms with Crippen LogP contribution < -0.4 is 4.72 Å². The Bertz CT molecular complexity index is 583. The SMILES string of the molecule is O=S(=O)(Nc1cnns1)c1cccc(Br)c1. The van der Waals surface area contributed by atoms with Gasteiger partial charge in [-0.05, 0) is 18.2 Å². The summed E-state index contributed by atoms with van der Waals surface area (Å²) in [5, 5.41) is 3.94. The minimum atomic E-state index is -3.56. The summed E-state index contributed by atoms with van der Waals surface area (Å²) in [5.74, 6) is 0. The summed E-state index contributed by atoms with van der Waals surface area (Å²) in [4.78, 5) is 0.190. The number of nitrogens with one attached hydrogen (secondary N) is 1. The molecule has 2 aromatic rings. The lowest BCUT2D eigenvalue weighted by molar-refractivity contribution is 0.601. The molecule has 0 atom stereocenters. The van der Waals surface area contributed by atoms with Crippen molar-refractivity contribution in [1.82, 2.24) is 9.59 Å². The average molecular weight is 320 g/mol. The summed E-state index contributed by atoms with van der Waals surface area (Å²) in [6.07, 6.45) is 1.36. The lowest BCUT2D eigenvalue weighted by Gasteiger charge is -2.04. The molecule has 16 heavy (non-hydrogen) atoms. The molecule has 0 saturated carbocycles. The highest BCUT2D eigenvalue weighted by atomic mass is 79.9. The van der Waals surface area contributed by atoms with Gasteiger partial charge in [-0.2, -0.15) is 0 Å². The maximum absolute atomic E-state index is 11.9. The number of hydrogen-bond acceptors (Lipinski definition) is 5. The van der Waals surface area contributed by atoms with Gasteiger partial charge in [0.15, 0.2) is 0 Å². The van der Waals surface area contributed by atoms with E-state index < -0.39 is 10.0 Å². The molecule has 0 unspecified atom stereocenters. The first-order valence-electron chi connectivity index (χ1n) is 4.14. The molecule has 0 amide bonds. The molecular weight excluding hydrogens is 314 g/mol. The Hall–Kier alpha value is -0.990. The minimum absolute atomic E-state index is 0.190. The molecule has 2 rings (SSSR count). The number of rotatable bonds is 3. The number of anilines is 1. The third kappa shape index (κ3) is 2.57. The Morgan fingerprint density at radius 3 is 2.81 bits per heavy atom. The number of nitrogens with zero attached hydrogens (tertiary/aromatic N) is 2. The molecule has 8 heteroatoms. The first-order chi connectivity index (χ1) is 7.58. The first-order valence-corrected chi connectivity index (χ1v) is 7.19. The van der Waals surface area contributed by atoms with E-state index in [1.807, 2.05) is 0 Å².